The molecule has 0 radical (unpaired) electrons. The van der Waals surface area contributed by atoms with Crippen molar-refractivity contribution >= 4 is 22.6 Å². The number of aromatic hydroxyl groups is 1. The summed E-state index contributed by atoms with van der Waals surface area (Å²) in [6.45, 7) is 3.74. The number of benzene rings is 2. The van der Waals surface area contributed by atoms with E-state index in [1.54, 1.807) is 49.4 Å². The fraction of sp³-hybridized carbons (Fsp3) is 0.190. The third kappa shape index (κ3) is 3.46. The maximum absolute atomic E-state index is 12.7. The predicted molar refractivity (Wildman–Crippen MR) is 103 cm³/mol. The van der Waals surface area contributed by atoms with Crippen LogP contribution >= 0.6 is 0 Å². The standard InChI is InChI=1S/C21H20N2O4/c1-3-23-16-10-5-4-9-15(16)19(25)18(21(23)27)20(26)22-12-17(24)14-8-6-7-13(2)11-14/h4-11,25H,3,12H2,1-2H3,(H,22,26). The molecule has 1 heterocycles. The molecule has 2 N–H and O–H groups in total. The van der Waals surface area contributed by atoms with Crippen molar-refractivity contribution in [2.24, 2.45) is 0 Å². The van der Waals surface area contributed by atoms with Gasteiger partial charge in [-0.15, -0.1) is 0 Å². The molecule has 0 fully saturated rings. The normalized spacial score (nSPS) is 10.7. The van der Waals surface area contributed by atoms with Gasteiger partial charge in [-0.25, -0.2) is 0 Å². The molecule has 1 aromatic heterocycles. The minimum atomic E-state index is -0.772. The van der Waals surface area contributed by atoms with Crippen molar-refractivity contribution in [3.8, 4) is 5.75 Å². The number of ketones is 1. The van der Waals surface area contributed by atoms with Gasteiger partial charge in [-0.2, -0.15) is 0 Å². The molecule has 0 bridgehead atoms. The Labute approximate surface area is 156 Å². The highest BCUT2D eigenvalue weighted by Crippen LogP contribution is 2.26. The molecule has 0 spiro atoms. The number of pyridine rings is 1. The van der Waals surface area contributed by atoms with E-state index in [0.717, 1.165) is 5.56 Å². The minimum Gasteiger partial charge on any atom is -0.506 e. The molecule has 2 aromatic carbocycles. The number of fused-ring (bicyclic) bond motifs is 1. The lowest BCUT2D eigenvalue weighted by Gasteiger charge is -2.13. The van der Waals surface area contributed by atoms with Crippen LogP contribution in [-0.2, 0) is 6.54 Å². The van der Waals surface area contributed by atoms with Crippen LogP contribution in [0.1, 0.15) is 33.2 Å². The van der Waals surface area contributed by atoms with Crippen LogP contribution in [0.3, 0.4) is 0 Å². The molecule has 138 valence electrons. The van der Waals surface area contributed by atoms with Crippen molar-refractivity contribution < 1.29 is 14.7 Å². The first-order valence-electron chi connectivity index (χ1n) is 8.66. The summed E-state index contributed by atoms with van der Waals surface area (Å²) >= 11 is 0. The minimum absolute atomic E-state index is 0.264. The number of nitrogens with one attached hydrogen (secondary N) is 1. The molecule has 0 aliphatic heterocycles. The van der Waals surface area contributed by atoms with E-state index in [1.807, 2.05) is 13.0 Å². The molecular formula is C21H20N2O4. The number of rotatable bonds is 5. The quantitative estimate of drug-likeness (QED) is 0.681. The molecule has 6 nitrogen and oxygen atoms in total. The number of para-hydroxylation sites is 1. The third-order valence-corrected chi connectivity index (χ3v) is 4.44. The third-order valence-electron chi connectivity index (χ3n) is 4.44. The molecule has 0 saturated heterocycles. The number of Topliss-reactive ketones (excluding diaryl/α,β-unsaturated/α-hetero) is 1. The van der Waals surface area contributed by atoms with Gasteiger partial charge in [-0.1, -0.05) is 35.9 Å². The molecule has 3 rings (SSSR count). The Morgan fingerprint density at radius 2 is 1.85 bits per heavy atom. The Hall–Kier alpha value is -3.41. The van der Waals surface area contributed by atoms with Crippen molar-refractivity contribution in [2.45, 2.75) is 20.4 Å². The molecule has 0 atom stereocenters. The maximum Gasteiger partial charge on any atom is 0.267 e. The van der Waals surface area contributed by atoms with Gasteiger partial charge in [-0.3, -0.25) is 14.4 Å². The Morgan fingerprint density at radius 1 is 1.11 bits per heavy atom. The van der Waals surface area contributed by atoms with Gasteiger partial charge in [0.05, 0.1) is 12.1 Å². The molecular weight excluding hydrogens is 344 g/mol. The lowest BCUT2D eigenvalue weighted by molar-refractivity contribution is 0.0901. The van der Waals surface area contributed by atoms with Crippen LogP contribution in [0.15, 0.2) is 53.3 Å². The fourth-order valence-corrected chi connectivity index (χ4v) is 3.08. The van der Waals surface area contributed by atoms with E-state index in [9.17, 15) is 19.5 Å². The monoisotopic (exact) mass is 364 g/mol. The van der Waals surface area contributed by atoms with Crippen molar-refractivity contribution in [1.29, 1.82) is 0 Å². The summed E-state index contributed by atoms with van der Waals surface area (Å²) in [5.41, 5.74) is 1.02. The average molecular weight is 364 g/mol. The number of aromatic nitrogens is 1. The summed E-state index contributed by atoms with van der Waals surface area (Å²) in [6, 6.07) is 13.9. The van der Waals surface area contributed by atoms with Gasteiger partial charge in [0.15, 0.2) is 5.78 Å². The first-order chi connectivity index (χ1) is 12.9. The Bertz CT molecular complexity index is 1100. The molecule has 27 heavy (non-hydrogen) atoms. The second-order valence-electron chi connectivity index (χ2n) is 6.27. The zero-order chi connectivity index (χ0) is 19.6. The van der Waals surface area contributed by atoms with E-state index in [0.29, 0.717) is 23.0 Å². The van der Waals surface area contributed by atoms with Crippen LogP contribution in [0.2, 0.25) is 0 Å². The highest BCUT2D eigenvalue weighted by Gasteiger charge is 2.22. The van der Waals surface area contributed by atoms with Crippen molar-refractivity contribution in [1.82, 2.24) is 9.88 Å². The Morgan fingerprint density at radius 3 is 2.56 bits per heavy atom. The zero-order valence-corrected chi connectivity index (χ0v) is 15.2. The summed E-state index contributed by atoms with van der Waals surface area (Å²) in [4.78, 5) is 37.5. The zero-order valence-electron chi connectivity index (χ0n) is 15.2. The summed E-state index contributed by atoms with van der Waals surface area (Å²) in [5.74, 6) is -1.42. The average Bonchev–Trinajstić information content (AvgIpc) is 2.66. The van der Waals surface area contributed by atoms with Crippen LogP contribution in [0.5, 0.6) is 5.75 Å². The summed E-state index contributed by atoms with van der Waals surface area (Å²) in [5, 5.41) is 13.3. The van der Waals surface area contributed by atoms with Crippen LogP contribution in [0.4, 0.5) is 0 Å². The highest BCUT2D eigenvalue weighted by atomic mass is 16.3. The molecule has 1 amide bonds. The van der Waals surface area contributed by atoms with Crippen LogP contribution < -0.4 is 10.9 Å². The number of amides is 1. The first-order valence-corrected chi connectivity index (χ1v) is 8.66. The predicted octanol–water partition coefficient (Wildman–Crippen LogP) is 2.65. The van der Waals surface area contributed by atoms with Crippen LogP contribution in [-0.4, -0.2) is 27.9 Å². The molecule has 6 heteroatoms. The lowest BCUT2D eigenvalue weighted by atomic mass is 10.1. The first kappa shape index (κ1) is 18.4. The number of hydrogen-bond donors (Lipinski definition) is 2. The number of carbonyl (C=O) groups is 2. The van der Waals surface area contributed by atoms with Gasteiger partial charge >= 0.3 is 0 Å². The molecule has 0 aliphatic carbocycles. The van der Waals surface area contributed by atoms with Crippen molar-refractivity contribution in [3.05, 3.63) is 75.6 Å². The van der Waals surface area contributed by atoms with Crippen molar-refractivity contribution in [3.63, 3.8) is 0 Å². The summed E-state index contributed by atoms with van der Waals surface area (Å²) in [6.07, 6.45) is 0. The fourth-order valence-electron chi connectivity index (χ4n) is 3.08. The topological polar surface area (TPSA) is 88.4 Å². The number of hydrogen-bond acceptors (Lipinski definition) is 4. The van der Waals surface area contributed by atoms with Gasteiger partial charge in [-0.05, 0) is 32.0 Å². The van der Waals surface area contributed by atoms with E-state index in [4.69, 9.17) is 0 Å². The van der Waals surface area contributed by atoms with Gasteiger partial charge in [0.2, 0.25) is 0 Å². The van der Waals surface area contributed by atoms with E-state index in [1.165, 1.54) is 4.57 Å². The van der Waals surface area contributed by atoms with Gasteiger partial charge in [0, 0.05) is 17.5 Å². The van der Waals surface area contributed by atoms with Crippen LogP contribution in [0, 0.1) is 6.92 Å². The molecule has 3 aromatic rings. The second kappa shape index (κ2) is 7.45. The smallest absolute Gasteiger partial charge is 0.267 e. The van der Waals surface area contributed by atoms with Crippen LogP contribution in [0.25, 0.3) is 10.9 Å². The maximum atomic E-state index is 12.7. The van der Waals surface area contributed by atoms with E-state index < -0.39 is 11.5 Å². The van der Waals surface area contributed by atoms with Gasteiger partial charge < -0.3 is 15.0 Å². The molecule has 0 aliphatic rings. The Balaban J connectivity index is 1.92. The van der Waals surface area contributed by atoms with E-state index in [2.05, 4.69) is 5.32 Å². The number of nitrogens with zero attached hydrogens (tertiary/aromatic N) is 1. The van der Waals surface area contributed by atoms with E-state index >= 15 is 0 Å². The van der Waals surface area contributed by atoms with E-state index in [-0.39, 0.29) is 23.6 Å². The largest absolute Gasteiger partial charge is 0.506 e. The van der Waals surface area contributed by atoms with Gasteiger partial charge in [0.1, 0.15) is 11.3 Å². The second-order valence-corrected chi connectivity index (χ2v) is 6.27. The Kier molecular flexibility index (Phi) is 5.07. The number of carbonyl (C=O) groups excluding carboxylic acids is 2. The summed E-state index contributed by atoms with van der Waals surface area (Å²) < 4.78 is 1.42. The molecule has 0 unspecified atom stereocenters. The number of aryl methyl sites for hydroxylation is 2. The van der Waals surface area contributed by atoms with Gasteiger partial charge in [0.25, 0.3) is 11.5 Å². The highest BCUT2D eigenvalue weighted by molar-refractivity contribution is 6.05. The van der Waals surface area contributed by atoms with Crippen molar-refractivity contribution in [2.75, 3.05) is 6.54 Å². The SMILES string of the molecule is CCn1c(=O)c(C(=O)NCC(=O)c2cccc(C)c2)c(O)c2ccccc21. The lowest BCUT2D eigenvalue weighted by Crippen LogP contribution is -2.35. The molecule has 0 saturated carbocycles. The summed E-state index contributed by atoms with van der Waals surface area (Å²) in [7, 11) is 0.